The number of rotatable bonds is 3. The zero-order valence-electron chi connectivity index (χ0n) is 13.3. The van der Waals surface area contributed by atoms with E-state index in [1.165, 1.54) is 0 Å². The second kappa shape index (κ2) is 6.50. The van der Waals surface area contributed by atoms with Gasteiger partial charge < -0.3 is 5.32 Å². The standard InChI is InChI=1S/C17H15ClN2O4S/c1-11-6-7-13(8-15(11)18)19-16(21)9-20-17(22)14-5-3-2-4-12(14)10-25(20,23)24/h2-8H,9-10H2,1H3,(H,19,21). The fraction of sp³-hybridized carbons (Fsp3) is 0.176. The van der Waals surface area contributed by atoms with Crippen molar-refractivity contribution in [3.8, 4) is 0 Å². The zero-order chi connectivity index (χ0) is 18.2. The summed E-state index contributed by atoms with van der Waals surface area (Å²) in [6.45, 7) is 1.24. The van der Waals surface area contributed by atoms with Gasteiger partial charge in [-0.2, -0.15) is 0 Å². The fourth-order valence-corrected chi connectivity index (χ4v) is 4.21. The number of hydrogen-bond donors (Lipinski definition) is 1. The van der Waals surface area contributed by atoms with E-state index in [1.54, 1.807) is 42.5 Å². The van der Waals surface area contributed by atoms with Crippen LogP contribution in [-0.4, -0.2) is 31.1 Å². The number of halogens is 1. The number of carbonyl (C=O) groups excluding carboxylic acids is 2. The highest BCUT2D eigenvalue weighted by Gasteiger charge is 2.36. The number of benzene rings is 2. The van der Waals surface area contributed by atoms with Crippen LogP contribution in [0.15, 0.2) is 42.5 Å². The maximum Gasteiger partial charge on any atom is 0.268 e. The lowest BCUT2D eigenvalue weighted by Crippen LogP contribution is -2.45. The third kappa shape index (κ3) is 3.52. The molecule has 0 aromatic heterocycles. The fourth-order valence-electron chi connectivity index (χ4n) is 2.56. The smallest absolute Gasteiger partial charge is 0.268 e. The molecule has 0 radical (unpaired) electrons. The van der Waals surface area contributed by atoms with Crippen molar-refractivity contribution in [3.05, 3.63) is 64.2 Å². The Kier molecular flexibility index (Phi) is 4.53. The van der Waals surface area contributed by atoms with E-state index in [0.717, 1.165) is 5.56 Å². The normalized spacial score (nSPS) is 15.6. The summed E-state index contributed by atoms with van der Waals surface area (Å²) < 4.78 is 25.3. The Bertz CT molecular complexity index is 972. The molecule has 0 spiro atoms. The van der Waals surface area contributed by atoms with E-state index in [-0.39, 0.29) is 5.75 Å². The molecule has 0 fully saturated rings. The van der Waals surface area contributed by atoms with Gasteiger partial charge in [0, 0.05) is 16.3 Å². The molecule has 0 aliphatic carbocycles. The highest BCUT2D eigenvalue weighted by Crippen LogP contribution is 2.25. The first-order valence-corrected chi connectivity index (χ1v) is 9.45. The summed E-state index contributed by atoms with van der Waals surface area (Å²) in [4.78, 5) is 24.7. The molecule has 0 saturated heterocycles. The van der Waals surface area contributed by atoms with Crippen molar-refractivity contribution in [1.29, 1.82) is 0 Å². The summed E-state index contributed by atoms with van der Waals surface area (Å²) in [6.07, 6.45) is 0. The molecule has 130 valence electrons. The number of amides is 2. The number of sulfonamides is 1. The number of hydrogen-bond acceptors (Lipinski definition) is 4. The molecule has 0 bridgehead atoms. The number of nitrogens with zero attached hydrogens (tertiary/aromatic N) is 1. The monoisotopic (exact) mass is 378 g/mol. The summed E-state index contributed by atoms with van der Waals surface area (Å²) in [5.74, 6) is -1.62. The van der Waals surface area contributed by atoms with E-state index in [4.69, 9.17) is 11.6 Å². The first-order chi connectivity index (χ1) is 11.8. The van der Waals surface area contributed by atoms with Crippen LogP contribution in [0.5, 0.6) is 0 Å². The Morgan fingerprint density at radius 2 is 1.96 bits per heavy atom. The number of aryl methyl sites for hydroxylation is 1. The molecule has 0 atom stereocenters. The molecular weight excluding hydrogens is 364 g/mol. The van der Waals surface area contributed by atoms with Gasteiger partial charge in [-0.3, -0.25) is 9.59 Å². The zero-order valence-corrected chi connectivity index (χ0v) is 14.9. The number of carbonyl (C=O) groups is 2. The minimum absolute atomic E-state index is 0.295. The van der Waals surface area contributed by atoms with Gasteiger partial charge in [-0.25, -0.2) is 12.7 Å². The van der Waals surface area contributed by atoms with Crippen molar-refractivity contribution >= 4 is 39.1 Å². The van der Waals surface area contributed by atoms with Crippen LogP contribution in [-0.2, 0) is 20.6 Å². The second-order valence-electron chi connectivity index (χ2n) is 5.74. The summed E-state index contributed by atoms with van der Waals surface area (Å²) in [6, 6.07) is 11.4. The predicted molar refractivity (Wildman–Crippen MR) is 94.9 cm³/mol. The Morgan fingerprint density at radius 1 is 1.24 bits per heavy atom. The van der Waals surface area contributed by atoms with Gasteiger partial charge in [0.1, 0.15) is 6.54 Å². The van der Waals surface area contributed by atoms with Crippen molar-refractivity contribution < 1.29 is 18.0 Å². The minimum atomic E-state index is -3.89. The van der Waals surface area contributed by atoms with E-state index in [1.807, 2.05) is 6.92 Å². The minimum Gasteiger partial charge on any atom is -0.324 e. The van der Waals surface area contributed by atoms with Crippen LogP contribution in [0.1, 0.15) is 21.5 Å². The van der Waals surface area contributed by atoms with Crippen molar-refractivity contribution in [3.63, 3.8) is 0 Å². The third-order valence-electron chi connectivity index (χ3n) is 3.89. The first-order valence-electron chi connectivity index (χ1n) is 7.46. The quantitative estimate of drug-likeness (QED) is 0.889. The molecule has 0 saturated carbocycles. The van der Waals surface area contributed by atoms with E-state index in [9.17, 15) is 18.0 Å². The van der Waals surface area contributed by atoms with Crippen molar-refractivity contribution in [1.82, 2.24) is 4.31 Å². The molecule has 1 aliphatic rings. The van der Waals surface area contributed by atoms with Gasteiger partial charge in [-0.05, 0) is 36.2 Å². The molecule has 25 heavy (non-hydrogen) atoms. The lowest BCUT2D eigenvalue weighted by molar-refractivity contribution is -0.116. The van der Waals surface area contributed by atoms with E-state index in [2.05, 4.69) is 5.32 Å². The Labute approximate surface area is 150 Å². The molecule has 6 nitrogen and oxygen atoms in total. The number of nitrogens with one attached hydrogen (secondary N) is 1. The van der Waals surface area contributed by atoms with Crippen LogP contribution in [0.4, 0.5) is 5.69 Å². The maximum absolute atomic E-state index is 12.5. The Hall–Kier alpha value is -2.38. The van der Waals surface area contributed by atoms with Crippen LogP contribution in [0, 0.1) is 6.92 Å². The van der Waals surface area contributed by atoms with Crippen molar-refractivity contribution in [2.24, 2.45) is 0 Å². The maximum atomic E-state index is 12.5. The van der Waals surface area contributed by atoms with Crippen molar-refractivity contribution in [2.45, 2.75) is 12.7 Å². The van der Waals surface area contributed by atoms with Crippen LogP contribution in [0.3, 0.4) is 0 Å². The van der Waals surface area contributed by atoms with Gasteiger partial charge >= 0.3 is 0 Å². The molecule has 2 aromatic rings. The number of anilines is 1. The highest BCUT2D eigenvalue weighted by molar-refractivity contribution is 7.89. The lowest BCUT2D eigenvalue weighted by Gasteiger charge is -2.27. The number of fused-ring (bicyclic) bond motifs is 1. The van der Waals surface area contributed by atoms with Gasteiger partial charge in [0.15, 0.2) is 0 Å². The molecule has 0 unspecified atom stereocenters. The van der Waals surface area contributed by atoms with Crippen LogP contribution in [0.25, 0.3) is 0 Å². The third-order valence-corrected chi connectivity index (χ3v) is 5.94. The van der Waals surface area contributed by atoms with Gasteiger partial charge in [0.25, 0.3) is 5.91 Å². The van der Waals surface area contributed by atoms with E-state index < -0.39 is 28.4 Å². The van der Waals surface area contributed by atoms with Gasteiger partial charge in [0.05, 0.1) is 5.75 Å². The highest BCUT2D eigenvalue weighted by atomic mass is 35.5. The Morgan fingerprint density at radius 3 is 2.68 bits per heavy atom. The molecule has 3 rings (SSSR count). The van der Waals surface area contributed by atoms with Gasteiger partial charge in [-0.1, -0.05) is 35.9 Å². The molecular formula is C17H15ClN2O4S. The average Bonchev–Trinajstić information content (AvgIpc) is 2.54. The van der Waals surface area contributed by atoms with Crippen LogP contribution >= 0.6 is 11.6 Å². The van der Waals surface area contributed by atoms with Crippen LogP contribution < -0.4 is 5.32 Å². The summed E-state index contributed by atoms with van der Waals surface area (Å²) in [5, 5.41) is 3.04. The Balaban J connectivity index is 1.80. The van der Waals surface area contributed by atoms with Gasteiger partial charge in [0.2, 0.25) is 15.9 Å². The van der Waals surface area contributed by atoms with Crippen LogP contribution in [0.2, 0.25) is 5.02 Å². The van der Waals surface area contributed by atoms with E-state index >= 15 is 0 Å². The summed E-state index contributed by atoms with van der Waals surface area (Å²) >= 11 is 6.00. The molecule has 1 aliphatic heterocycles. The summed E-state index contributed by atoms with van der Waals surface area (Å²) in [5.41, 5.74) is 2.02. The first kappa shape index (κ1) is 17.4. The van der Waals surface area contributed by atoms with E-state index in [0.29, 0.717) is 26.1 Å². The second-order valence-corrected chi connectivity index (χ2v) is 8.04. The lowest BCUT2D eigenvalue weighted by atomic mass is 10.1. The summed E-state index contributed by atoms with van der Waals surface area (Å²) in [7, 11) is -3.89. The molecule has 1 N–H and O–H groups in total. The largest absolute Gasteiger partial charge is 0.324 e. The van der Waals surface area contributed by atoms with Gasteiger partial charge in [-0.15, -0.1) is 0 Å². The van der Waals surface area contributed by atoms with Crippen molar-refractivity contribution in [2.75, 3.05) is 11.9 Å². The molecule has 2 aromatic carbocycles. The topological polar surface area (TPSA) is 83.6 Å². The molecule has 2 amide bonds. The molecule has 1 heterocycles. The molecule has 8 heteroatoms. The SMILES string of the molecule is Cc1ccc(NC(=O)CN2C(=O)c3ccccc3CS2(=O)=O)cc1Cl. The average molecular weight is 379 g/mol. The predicted octanol–water partition coefficient (Wildman–Crippen LogP) is 2.57.